The third-order valence-electron chi connectivity index (χ3n) is 3.78. The van der Waals surface area contributed by atoms with Crippen molar-refractivity contribution in [1.82, 2.24) is 0 Å². The molecule has 0 aromatic carbocycles. The molecule has 1 aromatic rings. The van der Waals surface area contributed by atoms with Crippen molar-refractivity contribution < 1.29 is 4.42 Å². The summed E-state index contributed by atoms with van der Waals surface area (Å²) in [6.45, 7) is 2.28. The van der Waals surface area contributed by atoms with Gasteiger partial charge in [-0.1, -0.05) is 26.2 Å². The second kappa shape index (κ2) is 4.84. The average molecular weight is 207 g/mol. The summed E-state index contributed by atoms with van der Waals surface area (Å²) < 4.78 is 5.39. The molecule has 0 radical (unpaired) electrons. The molecule has 84 valence electrons. The molecule has 2 rings (SSSR count). The summed E-state index contributed by atoms with van der Waals surface area (Å²) in [5, 5.41) is 0. The van der Waals surface area contributed by atoms with Crippen molar-refractivity contribution >= 4 is 0 Å². The molecule has 1 saturated carbocycles. The molecule has 2 heteroatoms. The van der Waals surface area contributed by atoms with Crippen molar-refractivity contribution in [3.8, 4) is 0 Å². The topological polar surface area (TPSA) is 39.2 Å². The van der Waals surface area contributed by atoms with Crippen LogP contribution in [0.5, 0.6) is 0 Å². The van der Waals surface area contributed by atoms with E-state index in [4.69, 9.17) is 10.2 Å². The molecule has 1 heterocycles. The Kier molecular flexibility index (Phi) is 3.47. The van der Waals surface area contributed by atoms with E-state index in [9.17, 15) is 0 Å². The zero-order valence-corrected chi connectivity index (χ0v) is 9.49. The van der Waals surface area contributed by atoms with Crippen molar-refractivity contribution in [2.75, 3.05) is 0 Å². The van der Waals surface area contributed by atoms with E-state index in [2.05, 4.69) is 6.92 Å². The van der Waals surface area contributed by atoms with Gasteiger partial charge in [0.05, 0.1) is 12.3 Å². The van der Waals surface area contributed by atoms with Crippen molar-refractivity contribution in [2.45, 2.75) is 45.1 Å². The molecule has 0 spiro atoms. The van der Waals surface area contributed by atoms with E-state index in [0.29, 0.717) is 5.92 Å². The summed E-state index contributed by atoms with van der Waals surface area (Å²) in [7, 11) is 0. The van der Waals surface area contributed by atoms with Crippen LogP contribution in [-0.4, -0.2) is 0 Å². The second-order valence-corrected chi connectivity index (χ2v) is 4.74. The Morgan fingerprint density at radius 2 is 2.40 bits per heavy atom. The molecule has 15 heavy (non-hydrogen) atoms. The van der Waals surface area contributed by atoms with E-state index in [1.807, 2.05) is 12.1 Å². The number of hydrogen-bond acceptors (Lipinski definition) is 2. The molecule has 1 aliphatic carbocycles. The van der Waals surface area contributed by atoms with Crippen LogP contribution in [0.3, 0.4) is 0 Å². The first-order valence-electron chi connectivity index (χ1n) is 6.10. The minimum atomic E-state index is 0.106. The summed E-state index contributed by atoms with van der Waals surface area (Å²) >= 11 is 0. The van der Waals surface area contributed by atoms with Crippen molar-refractivity contribution in [1.29, 1.82) is 0 Å². The highest BCUT2D eigenvalue weighted by Crippen LogP contribution is 2.37. The molecule has 1 aliphatic rings. The van der Waals surface area contributed by atoms with Crippen LogP contribution in [0.1, 0.15) is 50.8 Å². The molecular weight excluding hydrogens is 186 g/mol. The Hall–Kier alpha value is -0.760. The van der Waals surface area contributed by atoms with Crippen LogP contribution < -0.4 is 5.73 Å². The first-order valence-corrected chi connectivity index (χ1v) is 6.10. The summed E-state index contributed by atoms with van der Waals surface area (Å²) in [5.41, 5.74) is 6.24. The minimum absolute atomic E-state index is 0.106. The quantitative estimate of drug-likeness (QED) is 0.824. The SMILES string of the molecule is CCC1CCCC(C(N)c2ccco2)C1. The third-order valence-corrected chi connectivity index (χ3v) is 3.78. The maximum Gasteiger partial charge on any atom is 0.120 e. The summed E-state index contributed by atoms with van der Waals surface area (Å²) in [5.74, 6) is 2.45. The Morgan fingerprint density at radius 3 is 3.07 bits per heavy atom. The predicted octanol–water partition coefficient (Wildman–Crippen LogP) is 3.50. The van der Waals surface area contributed by atoms with Crippen LogP contribution >= 0.6 is 0 Å². The lowest BCUT2D eigenvalue weighted by atomic mass is 9.76. The van der Waals surface area contributed by atoms with Gasteiger partial charge in [0.2, 0.25) is 0 Å². The lowest BCUT2D eigenvalue weighted by Crippen LogP contribution is -2.26. The van der Waals surface area contributed by atoms with Gasteiger partial charge in [-0.25, -0.2) is 0 Å². The van der Waals surface area contributed by atoms with Gasteiger partial charge in [0.1, 0.15) is 5.76 Å². The highest BCUT2D eigenvalue weighted by Gasteiger charge is 2.27. The molecule has 3 atom stereocenters. The fourth-order valence-electron chi connectivity index (χ4n) is 2.74. The summed E-state index contributed by atoms with van der Waals surface area (Å²) in [4.78, 5) is 0. The van der Waals surface area contributed by atoms with Gasteiger partial charge in [0.15, 0.2) is 0 Å². The van der Waals surface area contributed by atoms with Gasteiger partial charge >= 0.3 is 0 Å². The number of hydrogen-bond donors (Lipinski definition) is 1. The van der Waals surface area contributed by atoms with Gasteiger partial charge in [-0.2, -0.15) is 0 Å². The van der Waals surface area contributed by atoms with Gasteiger partial charge in [-0.05, 0) is 36.8 Å². The van der Waals surface area contributed by atoms with Crippen molar-refractivity contribution in [3.05, 3.63) is 24.2 Å². The Morgan fingerprint density at radius 1 is 1.53 bits per heavy atom. The molecule has 0 amide bonds. The zero-order valence-electron chi connectivity index (χ0n) is 9.49. The first-order chi connectivity index (χ1) is 7.31. The Labute approximate surface area is 91.8 Å². The largest absolute Gasteiger partial charge is 0.468 e. The van der Waals surface area contributed by atoms with E-state index in [-0.39, 0.29) is 6.04 Å². The maximum atomic E-state index is 6.24. The van der Waals surface area contributed by atoms with Crippen molar-refractivity contribution in [3.63, 3.8) is 0 Å². The van der Waals surface area contributed by atoms with Crippen LogP contribution in [0.15, 0.2) is 22.8 Å². The Bertz CT molecular complexity index is 281. The summed E-state index contributed by atoms with van der Waals surface area (Å²) in [6, 6.07) is 4.03. The van der Waals surface area contributed by atoms with Crippen molar-refractivity contribution in [2.24, 2.45) is 17.6 Å². The highest BCUT2D eigenvalue weighted by atomic mass is 16.3. The lowest BCUT2D eigenvalue weighted by Gasteiger charge is -2.31. The van der Waals surface area contributed by atoms with Gasteiger partial charge in [0.25, 0.3) is 0 Å². The summed E-state index contributed by atoms with van der Waals surface area (Å²) in [6.07, 6.45) is 8.27. The second-order valence-electron chi connectivity index (χ2n) is 4.74. The fourth-order valence-corrected chi connectivity index (χ4v) is 2.74. The first kappa shape index (κ1) is 10.7. The molecule has 2 N–H and O–H groups in total. The zero-order chi connectivity index (χ0) is 10.7. The third kappa shape index (κ3) is 2.43. The lowest BCUT2D eigenvalue weighted by molar-refractivity contribution is 0.216. The Balaban J connectivity index is 1.98. The normalized spacial score (nSPS) is 28.9. The number of rotatable bonds is 3. The van der Waals surface area contributed by atoms with Gasteiger partial charge in [-0.15, -0.1) is 0 Å². The molecule has 2 nitrogen and oxygen atoms in total. The van der Waals surface area contributed by atoms with Gasteiger partial charge < -0.3 is 10.2 Å². The average Bonchev–Trinajstić information content (AvgIpc) is 2.81. The monoisotopic (exact) mass is 207 g/mol. The predicted molar refractivity (Wildman–Crippen MR) is 61.4 cm³/mol. The molecule has 0 saturated heterocycles. The highest BCUT2D eigenvalue weighted by molar-refractivity contribution is 5.05. The van der Waals surface area contributed by atoms with E-state index >= 15 is 0 Å². The molecule has 1 aromatic heterocycles. The number of nitrogens with two attached hydrogens (primary N) is 1. The molecule has 1 fully saturated rings. The smallest absolute Gasteiger partial charge is 0.120 e. The molecule has 0 bridgehead atoms. The van der Waals surface area contributed by atoms with E-state index in [0.717, 1.165) is 11.7 Å². The van der Waals surface area contributed by atoms with Crippen LogP contribution in [0.25, 0.3) is 0 Å². The fraction of sp³-hybridized carbons (Fsp3) is 0.692. The van der Waals surface area contributed by atoms with Crippen LogP contribution in [0.4, 0.5) is 0 Å². The van der Waals surface area contributed by atoms with Crippen LogP contribution in [0, 0.1) is 11.8 Å². The van der Waals surface area contributed by atoms with Gasteiger partial charge in [0, 0.05) is 0 Å². The molecular formula is C13H21NO. The number of furan rings is 1. The molecule has 3 unspecified atom stereocenters. The molecule has 0 aliphatic heterocycles. The van der Waals surface area contributed by atoms with Crippen LogP contribution in [0.2, 0.25) is 0 Å². The standard InChI is InChI=1S/C13H21NO/c1-2-10-5-3-6-11(9-10)13(14)12-7-4-8-15-12/h4,7-8,10-11,13H,2-3,5-6,9,14H2,1H3. The van der Waals surface area contributed by atoms with E-state index in [1.54, 1.807) is 6.26 Å². The van der Waals surface area contributed by atoms with Gasteiger partial charge in [-0.3, -0.25) is 0 Å². The minimum Gasteiger partial charge on any atom is -0.468 e. The van der Waals surface area contributed by atoms with E-state index in [1.165, 1.54) is 32.1 Å². The van der Waals surface area contributed by atoms with Crippen LogP contribution in [-0.2, 0) is 0 Å². The van der Waals surface area contributed by atoms with E-state index < -0.39 is 0 Å². The maximum absolute atomic E-state index is 6.24.